The molecule has 0 saturated heterocycles. The molecule has 0 aliphatic heterocycles. The fourth-order valence-electron chi connectivity index (χ4n) is 2.06. The Morgan fingerprint density at radius 3 is 2.38 bits per heavy atom. The van der Waals surface area contributed by atoms with Gasteiger partial charge in [-0.1, -0.05) is 74.8 Å². The minimum Gasteiger partial charge on any atom is -0.481 e. The van der Waals surface area contributed by atoms with E-state index >= 15 is 0 Å². The highest BCUT2D eigenvalue weighted by Crippen LogP contribution is 2.07. The molecular weight excluding hydrogens is 304 g/mol. The molecular formula is C20H32O4. The van der Waals surface area contributed by atoms with Crippen molar-refractivity contribution in [3.05, 3.63) is 48.6 Å². The van der Waals surface area contributed by atoms with Gasteiger partial charge < -0.3 is 5.11 Å². The lowest BCUT2D eigenvalue weighted by Crippen LogP contribution is -2.06. The second kappa shape index (κ2) is 17.7. The summed E-state index contributed by atoms with van der Waals surface area (Å²) in [5.74, 6) is -0.734. The number of carboxylic acids is 1. The average molecular weight is 336 g/mol. The third-order valence-electron chi connectivity index (χ3n) is 3.44. The number of unbranched alkanes of at least 4 members (excludes halogenated alkanes) is 3. The van der Waals surface area contributed by atoms with Crippen LogP contribution in [0, 0.1) is 0 Å². The Kier molecular flexibility index (Phi) is 16.5. The first-order chi connectivity index (χ1) is 11.7. The maximum absolute atomic E-state index is 10.3. The predicted molar refractivity (Wildman–Crippen MR) is 98.9 cm³/mol. The fourth-order valence-corrected chi connectivity index (χ4v) is 2.06. The lowest BCUT2D eigenvalue weighted by molar-refractivity contribution is -0.267. The predicted octanol–water partition coefficient (Wildman–Crippen LogP) is 5.68. The quantitative estimate of drug-likeness (QED) is 0.133. The van der Waals surface area contributed by atoms with Crippen LogP contribution < -0.4 is 0 Å². The number of rotatable bonds is 15. The molecule has 24 heavy (non-hydrogen) atoms. The van der Waals surface area contributed by atoms with Crippen molar-refractivity contribution in [2.75, 3.05) is 0 Å². The molecule has 0 aromatic rings. The number of aliphatic carboxylic acids is 1. The van der Waals surface area contributed by atoms with E-state index in [1.807, 2.05) is 30.4 Å². The zero-order chi connectivity index (χ0) is 17.9. The molecule has 0 radical (unpaired) electrons. The van der Waals surface area contributed by atoms with Crippen LogP contribution in [0.2, 0.25) is 0 Å². The van der Waals surface area contributed by atoms with E-state index in [1.54, 1.807) is 0 Å². The molecule has 4 nitrogen and oxygen atoms in total. The Bertz CT molecular complexity index is 408. The highest BCUT2D eigenvalue weighted by molar-refractivity contribution is 5.66. The largest absolute Gasteiger partial charge is 0.481 e. The van der Waals surface area contributed by atoms with E-state index < -0.39 is 5.97 Å². The lowest BCUT2D eigenvalue weighted by atomic mass is 10.1. The van der Waals surface area contributed by atoms with Gasteiger partial charge >= 0.3 is 5.97 Å². The summed E-state index contributed by atoms with van der Waals surface area (Å²) in [5, 5.41) is 17.3. The van der Waals surface area contributed by atoms with Gasteiger partial charge in [-0.15, -0.1) is 0 Å². The molecule has 1 unspecified atom stereocenters. The zero-order valence-electron chi connectivity index (χ0n) is 14.8. The van der Waals surface area contributed by atoms with Crippen LogP contribution in [0.3, 0.4) is 0 Å². The average Bonchev–Trinajstić information content (AvgIpc) is 2.57. The first kappa shape index (κ1) is 22.4. The number of hydrogen-bond donors (Lipinski definition) is 2. The van der Waals surface area contributed by atoms with Crippen LogP contribution in [0.25, 0.3) is 0 Å². The van der Waals surface area contributed by atoms with Crippen molar-refractivity contribution in [2.45, 2.75) is 70.8 Å². The van der Waals surface area contributed by atoms with Gasteiger partial charge in [-0.2, -0.15) is 0 Å². The second-order valence-electron chi connectivity index (χ2n) is 5.65. The molecule has 0 aliphatic carbocycles. The molecule has 0 saturated carbocycles. The topological polar surface area (TPSA) is 66.8 Å². The third kappa shape index (κ3) is 16.7. The number of hydrogen-bond acceptors (Lipinski definition) is 3. The standard InChI is InChI=1S/C20H32O4/c1-2-3-13-16-19(24-23)17-14-11-9-7-5-4-6-8-10-12-15-18-20(21)22/h4-5,8-11,14,17,19,23H,2-3,6-7,12-13,15-16,18H2,1H3,(H,21,22)/b5-4-,10-8+,11-9-,17-14-. The van der Waals surface area contributed by atoms with Gasteiger partial charge in [0, 0.05) is 6.42 Å². The van der Waals surface area contributed by atoms with Crippen molar-refractivity contribution >= 4 is 5.97 Å². The number of allylic oxidation sites excluding steroid dienone is 7. The van der Waals surface area contributed by atoms with Gasteiger partial charge in [0.2, 0.25) is 0 Å². The summed E-state index contributed by atoms with van der Waals surface area (Å²) in [6.45, 7) is 2.15. The van der Waals surface area contributed by atoms with E-state index in [2.05, 4.69) is 30.0 Å². The van der Waals surface area contributed by atoms with Crippen LogP contribution in [0.1, 0.15) is 64.7 Å². The summed E-state index contributed by atoms with van der Waals surface area (Å²) < 4.78 is 0. The Labute approximate surface area is 146 Å². The zero-order valence-corrected chi connectivity index (χ0v) is 14.8. The van der Waals surface area contributed by atoms with Gasteiger partial charge in [-0.05, 0) is 32.1 Å². The number of carboxylic acid groups (broad SMARTS) is 1. The molecule has 0 bridgehead atoms. The Morgan fingerprint density at radius 1 is 1.00 bits per heavy atom. The minimum atomic E-state index is -0.734. The molecule has 0 amide bonds. The normalized spacial score (nSPS) is 13.8. The van der Waals surface area contributed by atoms with E-state index in [4.69, 9.17) is 10.4 Å². The van der Waals surface area contributed by atoms with Gasteiger partial charge in [0.15, 0.2) is 0 Å². The highest BCUT2D eigenvalue weighted by Gasteiger charge is 2.02. The molecule has 0 fully saturated rings. The van der Waals surface area contributed by atoms with Crippen molar-refractivity contribution in [2.24, 2.45) is 0 Å². The van der Waals surface area contributed by atoms with E-state index in [1.165, 1.54) is 0 Å². The van der Waals surface area contributed by atoms with Gasteiger partial charge in [-0.3, -0.25) is 10.1 Å². The van der Waals surface area contributed by atoms with Crippen molar-refractivity contribution in [1.82, 2.24) is 0 Å². The van der Waals surface area contributed by atoms with Gasteiger partial charge in [-0.25, -0.2) is 4.89 Å². The van der Waals surface area contributed by atoms with Gasteiger partial charge in [0.25, 0.3) is 0 Å². The first-order valence-electron chi connectivity index (χ1n) is 8.86. The third-order valence-corrected chi connectivity index (χ3v) is 3.44. The summed E-state index contributed by atoms with van der Waals surface area (Å²) >= 11 is 0. The minimum absolute atomic E-state index is 0.219. The summed E-state index contributed by atoms with van der Waals surface area (Å²) in [6.07, 6.45) is 23.5. The molecule has 0 aromatic heterocycles. The second-order valence-corrected chi connectivity index (χ2v) is 5.65. The molecule has 0 heterocycles. The van der Waals surface area contributed by atoms with Crippen LogP contribution in [-0.4, -0.2) is 22.4 Å². The number of carbonyl (C=O) groups is 1. The molecule has 136 valence electrons. The summed E-state index contributed by atoms with van der Waals surface area (Å²) in [5.41, 5.74) is 0. The molecule has 4 heteroatoms. The lowest BCUT2D eigenvalue weighted by Gasteiger charge is -2.07. The van der Waals surface area contributed by atoms with Crippen molar-refractivity contribution in [3.63, 3.8) is 0 Å². The van der Waals surface area contributed by atoms with Gasteiger partial charge in [0.05, 0.1) is 0 Å². The van der Waals surface area contributed by atoms with E-state index in [0.717, 1.165) is 44.9 Å². The van der Waals surface area contributed by atoms with Crippen molar-refractivity contribution in [1.29, 1.82) is 0 Å². The fraction of sp³-hybridized carbons (Fsp3) is 0.550. The summed E-state index contributed by atoms with van der Waals surface area (Å²) in [6, 6.07) is 0. The van der Waals surface area contributed by atoms with Crippen LogP contribution in [0.15, 0.2) is 48.6 Å². The van der Waals surface area contributed by atoms with Gasteiger partial charge in [0.1, 0.15) is 6.10 Å². The SMILES string of the molecule is CCCCCC(/C=C\C=C/C/C=C\C/C=C/CCCC(=O)O)OO. The van der Waals surface area contributed by atoms with Crippen LogP contribution >= 0.6 is 0 Å². The molecule has 0 aromatic carbocycles. The molecule has 1 atom stereocenters. The monoisotopic (exact) mass is 336 g/mol. The maximum Gasteiger partial charge on any atom is 0.303 e. The molecule has 0 rings (SSSR count). The Morgan fingerprint density at radius 2 is 1.71 bits per heavy atom. The Hall–Kier alpha value is -1.65. The van der Waals surface area contributed by atoms with E-state index in [-0.39, 0.29) is 12.5 Å². The van der Waals surface area contributed by atoms with E-state index in [0.29, 0.717) is 6.42 Å². The highest BCUT2D eigenvalue weighted by atomic mass is 17.1. The summed E-state index contributed by atoms with van der Waals surface area (Å²) in [4.78, 5) is 14.8. The smallest absolute Gasteiger partial charge is 0.303 e. The maximum atomic E-state index is 10.3. The Balaban J connectivity index is 3.70. The van der Waals surface area contributed by atoms with Crippen LogP contribution in [-0.2, 0) is 9.68 Å². The summed E-state index contributed by atoms with van der Waals surface area (Å²) in [7, 11) is 0. The molecule has 0 aliphatic rings. The van der Waals surface area contributed by atoms with Crippen molar-refractivity contribution < 1.29 is 20.0 Å². The van der Waals surface area contributed by atoms with Crippen molar-refractivity contribution in [3.8, 4) is 0 Å². The van der Waals surface area contributed by atoms with E-state index in [9.17, 15) is 4.79 Å². The van der Waals surface area contributed by atoms with Crippen LogP contribution in [0.5, 0.6) is 0 Å². The van der Waals surface area contributed by atoms with Crippen LogP contribution in [0.4, 0.5) is 0 Å². The molecule has 0 spiro atoms. The first-order valence-corrected chi connectivity index (χ1v) is 8.86. The molecule has 2 N–H and O–H groups in total.